The number of rotatable bonds is 8. The third-order valence-electron chi connectivity index (χ3n) is 5.23. The lowest BCUT2D eigenvalue weighted by Crippen LogP contribution is -2.45. The Morgan fingerprint density at radius 3 is 2.52 bits per heavy atom. The van der Waals surface area contributed by atoms with E-state index in [0.717, 1.165) is 29.7 Å². The van der Waals surface area contributed by atoms with Crippen LogP contribution in [-0.2, 0) is 0 Å². The first-order chi connectivity index (χ1) is 10.8. The molecule has 0 amide bonds. The molecule has 0 aromatic carbocycles. The molecule has 3 aliphatic rings. The van der Waals surface area contributed by atoms with Gasteiger partial charge in [-0.3, -0.25) is 9.89 Å². The van der Waals surface area contributed by atoms with Gasteiger partial charge >= 0.3 is 0 Å². The van der Waals surface area contributed by atoms with Gasteiger partial charge in [0.05, 0.1) is 0 Å². The summed E-state index contributed by atoms with van der Waals surface area (Å²) in [6.07, 6.45) is 11.9. The minimum atomic E-state index is 0. The predicted molar refractivity (Wildman–Crippen MR) is 112 cm³/mol. The first kappa shape index (κ1) is 19.6. The van der Waals surface area contributed by atoms with Crippen LogP contribution in [0.1, 0.15) is 44.9 Å². The van der Waals surface area contributed by atoms with Crippen molar-refractivity contribution in [3.8, 4) is 0 Å². The van der Waals surface area contributed by atoms with Gasteiger partial charge in [-0.2, -0.15) is 11.8 Å². The number of nitrogens with zero attached hydrogens (tertiary/aromatic N) is 2. The molecule has 2 N–H and O–H groups in total. The number of hydrogen-bond donors (Lipinski definition) is 2. The van der Waals surface area contributed by atoms with E-state index >= 15 is 0 Å². The summed E-state index contributed by atoms with van der Waals surface area (Å²) in [6.45, 7) is 3.51. The van der Waals surface area contributed by atoms with Crippen molar-refractivity contribution in [1.29, 1.82) is 0 Å². The maximum atomic E-state index is 4.40. The van der Waals surface area contributed by atoms with Crippen LogP contribution < -0.4 is 10.6 Å². The van der Waals surface area contributed by atoms with Crippen LogP contribution in [0, 0.1) is 5.92 Å². The molecular formula is C17H33IN4S. The zero-order chi connectivity index (χ0) is 15.4. The zero-order valence-electron chi connectivity index (χ0n) is 14.6. The minimum absolute atomic E-state index is 0. The Morgan fingerprint density at radius 2 is 1.96 bits per heavy atom. The van der Waals surface area contributed by atoms with E-state index in [1.165, 1.54) is 58.0 Å². The lowest BCUT2D eigenvalue weighted by Gasteiger charge is -2.23. The molecule has 0 saturated heterocycles. The normalized spacial score (nSPS) is 27.9. The average molecular weight is 452 g/mol. The molecule has 2 unspecified atom stereocenters. The third kappa shape index (κ3) is 6.61. The number of hydrogen-bond acceptors (Lipinski definition) is 3. The Bertz CT molecular complexity index is 385. The van der Waals surface area contributed by atoms with Crippen molar-refractivity contribution >= 4 is 41.7 Å². The predicted octanol–water partition coefficient (Wildman–Crippen LogP) is 2.93. The molecule has 134 valence electrons. The van der Waals surface area contributed by atoms with E-state index in [2.05, 4.69) is 26.8 Å². The Labute approximate surface area is 163 Å². The molecule has 3 saturated carbocycles. The summed E-state index contributed by atoms with van der Waals surface area (Å²) < 4.78 is 0. The van der Waals surface area contributed by atoms with Gasteiger partial charge in [-0.15, -0.1) is 24.0 Å². The molecular weight excluding hydrogens is 419 g/mol. The van der Waals surface area contributed by atoms with Crippen molar-refractivity contribution in [2.45, 2.75) is 62.3 Å². The van der Waals surface area contributed by atoms with E-state index in [0.29, 0.717) is 6.04 Å². The van der Waals surface area contributed by atoms with Crippen LogP contribution in [0.3, 0.4) is 0 Å². The minimum Gasteiger partial charge on any atom is -0.355 e. The van der Waals surface area contributed by atoms with E-state index in [1.54, 1.807) is 0 Å². The molecule has 0 bridgehead atoms. The molecule has 0 aromatic heterocycles. The summed E-state index contributed by atoms with van der Waals surface area (Å²) in [4.78, 5) is 7.11. The van der Waals surface area contributed by atoms with E-state index in [-0.39, 0.29) is 24.0 Å². The number of nitrogens with one attached hydrogen (secondary N) is 2. The lowest BCUT2D eigenvalue weighted by atomic mass is 10.2. The van der Waals surface area contributed by atoms with Gasteiger partial charge in [0.1, 0.15) is 0 Å². The number of thioether (sulfide) groups is 1. The van der Waals surface area contributed by atoms with Crippen LogP contribution in [-0.4, -0.2) is 61.1 Å². The summed E-state index contributed by atoms with van der Waals surface area (Å²) in [5.74, 6) is 1.99. The summed E-state index contributed by atoms with van der Waals surface area (Å²) in [5, 5.41) is 7.97. The largest absolute Gasteiger partial charge is 0.355 e. The van der Waals surface area contributed by atoms with Gasteiger partial charge in [-0.05, 0) is 57.1 Å². The van der Waals surface area contributed by atoms with Crippen molar-refractivity contribution in [2.24, 2.45) is 10.9 Å². The molecule has 0 heterocycles. The molecule has 2 atom stereocenters. The maximum Gasteiger partial charge on any atom is 0.191 e. The second kappa shape index (κ2) is 9.70. The first-order valence-electron chi connectivity index (χ1n) is 9.02. The highest BCUT2D eigenvalue weighted by molar-refractivity contribution is 14.0. The highest BCUT2D eigenvalue weighted by Crippen LogP contribution is 2.34. The van der Waals surface area contributed by atoms with E-state index in [4.69, 9.17) is 0 Å². The standard InChI is InChI=1S/C17H32N4S.HI/c1-18-17(20-14-5-8-16(11-14)22-2)19-9-10-21(15-6-7-15)12-13-3-4-13;/h13-16H,3-12H2,1-2H3,(H2,18,19,20);1H. The molecule has 6 heteroatoms. The molecule has 3 fully saturated rings. The molecule has 0 aliphatic heterocycles. The summed E-state index contributed by atoms with van der Waals surface area (Å²) in [7, 11) is 1.89. The molecule has 0 aromatic rings. The van der Waals surface area contributed by atoms with Crippen molar-refractivity contribution < 1.29 is 0 Å². The number of guanidine groups is 1. The Morgan fingerprint density at radius 1 is 1.17 bits per heavy atom. The summed E-state index contributed by atoms with van der Waals surface area (Å²) >= 11 is 2.01. The van der Waals surface area contributed by atoms with Crippen LogP contribution in [0.15, 0.2) is 4.99 Å². The third-order valence-corrected chi connectivity index (χ3v) is 6.32. The van der Waals surface area contributed by atoms with E-state index in [1.807, 2.05) is 18.8 Å². The maximum absolute atomic E-state index is 4.40. The van der Waals surface area contributed by atoms with Gasteiger partial charge in [0.2, 0.25) is 0 Å². The van der Waals surface area contributed by atoms with Gasteiger partial charge in [0.15, 0.2) is 5.96 Å². The fourth-order valence-electron chi connectivity index (χ4n) is 3.49. The monoisotopic (exact) mass is 452 g/mol. The van der Waals surface area contributed by atoms with Crippen molar-refractivity contribution in [3.63, 3.8) is 0 Å². The van der Waals surface area contributed by atoms with Gasteiger partial charge in [0, 0.05) is 44.0 Å². The smallest absolute Gasteiger partial charge is 0.191 e. The molecule has 23 heavy (non-hydrogen) atoms. The van der Waals surface area contributed by atoms with Crippen molar-refractivity contribution in [3.05, 3.63) is 0 Å². The van der Waals surface area contributed by atoms with Gasteiger partial charge in [-0.25, -0.2) is 0 Å². The van der Waals surface area contributed by atoms with Gasteiger partial charge < -0.3 is 10.6 Å². The van der Waals surface area contributed by atoms with Crippen LogP contribution in [0.25, 0.3) is 0 Å². The molecule has 3 aliphatic carbocycles. The van der Waals surface area contributed by atoms with Crippen LogP contribution in [0.2, 0.25) is 0 Å². The lowest BCUT2D eigenvalue weighted by molar-refractivity contribution is 0.256. The van der Waals surface area contributed by atoms with Crippen molar-refractivity contribution in [1.82, 2.24) is 15.5 Å². The molecule has 4 nitrogen and oxygen atoms in total. The summed E-state index contributed by atoms with van der Waals surface area (Å²) in [6, 6.07) is 1.49. The Balaban J connectivity index is 0.00000192. The van der Waals surface area contributed by atoms with Crippen LogP contribution >= 0.6 is 35.7 Å². The highest BCUT2D eigenvalue weighted by atomic mass is 127. The molecule has 3 rings (SSSR count). The molecule has 0 spiro atoms. The fraction of sp³-hybridized carbons (Fsp3) is 0.941. The van der Waals surface area contributed by atoms with E-state index < -0.39 is 0 Å². The van der Waals surface area contributed by atoms with Crippen LogP contribution in [0.5, 0.6) is 0 Å². The Hall–Kier alpha value is 0.310. The highest BCUT2D eigenvalue weighted by Gasteiger charge is 2.33. The fourth-order valence-corrected chi connectivity index (χ4v) is 4.28. The second-order valence-electron chi connectivity index (χ2n) is 7.18. The number of aliphatic imine (C=N–C) groups is 1. The first-order valence-corrected chi connectivity index (χ1v) is 10.3. The quantitative estimate of drug-likeness (QED) is 0.338. The second-order valence-corrected chi connectivity index (χ2v) is 8.32. The molecule has 0 radical (unpaired) electrons. The van der Waals surface area contributed by atoms with Gasteiger partial charge in [-0.1, -0.05) is 0 Å². The number of halogens is 1. The topological polar surface area (TPSA) is 39.7 Å². The summed E-state index contributed by atoms with van der Waals surface area (Å²) in [5.41, 5.74) is 0. The SMILES string of the molecule is CN=C(NCCN(CC1CC1)C1CC1)NC1CCC(SC)C1.I. The Kier molecular flexibility index (Phi) is 8.28. The average Bonchev–Trinajstić information content (AvgIpc) is 3.44. The van der Waals surface area contributed by atoms with E-state index in [9.17, 15) is 0 Å². The van der Waals surface area contributed by atoms with Crippen molar-refractivity contribution in [2.75, 3.05) is 32.9 Å². The zero-order valence-corrected chi connectivity index (χ0v) is 17.7. The van der Waals surface area contributed by atoms with Gasteiger partial charge in [0.25, 0.3) is 0 Å². The van der Waals surface area contributed by atoms with Crippen LogP contribution in [0.4, 0.5) is 0 Å².